The SMILES string of the molecule is CN1CCN(C(C)(N)Cc2ccccc2F)CC1. The number of nitrogens with zero attached hydrogens (tertiary/aromatic N) is 2. The normalized spacial score (nSPS) is 21.8. The van der Waals surface area contributed by atoms with Crippen LogP contribution >= 0.6 is 0 Å². The fourth-order valence-electron chi connectivity index (χ4n) is 2.46. The van der Waals surface area contributed by atoms with Gasteiger partial charge in [0.05, 0.1) is 5.66 Å². The number of halogens is 1. The maximum absolute atomic E-state index is 13.7. The topological polar surface area (TPSA) is 32.5 Å². The van der Waals surface area contributed by atoms with Gasteiger partial charge in [-0.2, -0.15) is 0 Å². The van der Waals surface area contributed by atoms with Crippen molar-refractivity contribution >= 4 is 0 Å². The van der Waals surface area contributed by atoms with Crippen molar-refractivity contribution in [2.45, 2.75) is 19.0 Å². The van der Waals surface area contributed by atoms with Gasteiger partial charge in [-0.1, -0.05) is 18.2 Å². The first kappa shape index (κ1) is 13.5. The Morgan fingerprint density at radius 1 is 1.22 bits per heavy atom. The van der Waals surface area contributed by atoms with Crippen molar-refractivity contribution in [2.24, 2.45) is 5.73 Å². The van der Waals surface area contributed by atoms with Gasteiger partial charge < -0.3 is 10.6 Å². The third-order valence-corrected chi connectivity index (χ3v) is 3.73. The van der Waals surface area contributed by atoms with Crippen molar-refractivity contribution in [3.8, 4) is 0 Å². The minimum Gasteiger partial charge on any atom is -0.313 e. The van der Waals surface area contributed by atoms with Gasteiger partial charge in [-0.25, -0.2) is 4.39 Å². The van der Waals surface area contributed by atoms with Gasteiger partial charge in [-0.05, 0) is 25.6 Å². The molecule has 0 aliphatic carbocycles. The maximum atomic E-state index is 13.7. The predicted molar refractivity (Wildman–Crippen MR) is 71.8 cm³/mol. The molecule has 0 radical (unpaired) electrons. The lowest BCUT2D eigenvalue weighted by Gasteiger charge is -2.43. The molecule has 0 bridgehead atoms. The molecule has 18 heavy (non-hydrogen) atoms. The third kappa shape index (κ3) is 3.07. The summed E-state index contributed by atoms with van der Waals surface area (Å²) >= 11 is 0. The molecule has 1 heterocycles. The van der Waals surface area contributed by atoms with Crippen LogP contribution in [0.4, 0.5) is 4.39 Å². The predicted octanol–water partition coefficient (Wildman–Crippen LogP) is 1.29. The van der Waals surface area contributed by atoms with E-state index in [0.717, 1.165) is 26.2 Å². The quantitative estimate of drug-likeness (QED) is 0.878. The molecule has 1 aliphatic rings. The summed E-state index contributed by atoms with van der Waals surface area (Å²) in [6.07, 6.45) is 0.545. The van der Waals surface area contributed by atoms with Crippen LogP contribution in [0.1, 0.15) is 12.5 Å². The average Bonchev–Trinajstić information content (AvgIpc) is 2.32. The molecule has 1 aromatic carbocycles. The summed E-state index contributed by atoms with van der Waals surface area (Å²) in [5, 5.41) is 0. The Morgan fingerprint density at radius 2 is 1.83 bits per heavy atom. The summed E-state index contributed by atoms with van der Waals surface area (Å²) in [7, 11) is 2.11. The molecule has 1 atom stereocenters. The fourth-order valence-corrected chi connectivity index (χ4v) is 2.46. The van der Waals surface area contributed by atoms with Gasteiger partial charge in [0.2, 0.25) is 0 Å². The van der Waals surface area contributed by atoms with Gasteiger partial charge in [-0.3, -0.25) is 4.90 Å². The lowest BCUT2D eigenvalue weighted by Crippen LogP contribution is -2.60. The van der Waals surface area contributed by atoms with Crippen LogP contribution in [0.25, 0.3) is 0 Å². The zero-order valence-corrected chi connectivity index (χ0v) is 11.2. The monoisotopic (exact) mass is 251 g/mol. The fraction of sp³-hybridized carbons (Fsp3) is 0.571. The molecule has 0 aromatic heterocycles. The van der Waals surface area contributed by atoms with E-state index in [9.17, 15) is 4.39 Å². The highest BCUT2D eigenvalue weighted by Gasteiger charge is 2.30. The number of rotatable bonds is 3. The van der Waals surface area contributed by atoms with Crippen molar-refractivity contribution in [2.75, 3.05) is 33.2 Å². The van der Waals surface area contributed by atoms with Crippen LogP contribution in [0.15, 0.2) is 24.3 Å². The molecular weight excluding hydrogens is 229 g/mol. The van der Waals surface area contributed by atoms with Gasteiger partial charge in [0.15, 0.2) is 0 Å². The zero-order chi connectivity index (χ0) is 13.2. The van der Waals surface area contributed by atoms with Crippen molar-refractivity contribution in [1.29, 1.82) is 0 Å². The maximum Gasteiger partial charge on any atom is 0.126 e. The van der Waals surface area contributed by atoms with E-state index in [-0.39, 0.29) is 5.82 Å². The van der Waals surface area contributed by atoms with Gasteiger partial charge in [0, 0.05) is 32.6 Å². The van der Waals surface area contributed by atoms with Crippen LogP contribution in [0, 0.1) is 5.82 Å². The molecule has 3 nitrogen and oxygen atoms in total. The second-order valence-corrected chi connectivity index (χ2v) is 5.42. The second-order valence-electron chi connectivity index (χ2n) is 5.42. The van der Waals surface area contributed by atoms with E-state index < -0.39 is 5.66 Å². The lowest BCUT2D eigenvalue weighted by molar-refractivity contribution is 0.0541. The number of piperazine rings is 1. The van der Waals surface area contributed by atoms with E-state index in [4.69, 9.17) is 5.73 Å². The first-order valence-corrected chi connectivity index (χ1v) is 6.45. The molecule has 2 N–H and O–H groups in total. The van der Waals surface area contributed by atoms with Crippen LogP contribution in [0.2, 0.25) is 0 Å². The number of benzene rings is 1. The summed E-state index contributed by atoms with van der Waals surface area (Å²) in [5.74, 6) is -0.164. The van der Waals surface area contributed by atoms with Crippen molar-refractivity contribution in [3.63, 3.8) is 0 Å². The molecule has 0 saturated carbocycles. The van der Waals surface area contributed by atoms with Gasteiger partial charge >= 0.3 is 0 Å². The van der Waals surface area contributed by atoms with Crippen LogP contribution in [-0.2, 0) is 6.42 Å². The summed E-state index contributed by atoms with van der Waals surface area (Å²) in [6, 6.07) is 6.88. The highest BCUT2D eigenvalue weighted by molar-refractivity contribution is 5.19. The Bertz CT molecular complexity index is 398. The van der Waals surface area contributed by atoms with Gasteiger partial charge in [-0.15, -0.1) is 0 Å². The molecule has 1 aliphatic heterocycles. The molecule has 100 valence electrons. The first-order chi connectivity index (χ1) is 8.49. The minimum atomic E-state index is -0.483. The van der Waals surface area contributed by atoms with E-state index in [2.05, 4.69) is 16.8 Å². The number of hydrogen-bond acceptors (Lipinski definition) is 3. The number of nitrogens with two attached hydrogens (primary N) is 1. The Morgan fingerprint density at radius 3 is 2.44 bits per heavy atom. The Kier molecular flexibility index (Phi) is 4.00. The van der Waals surface area contributed by atoms with E-state index in [1.54, 1.807) is 6.07 Å². The molecule has 4 heteroatoms. The highest BCUT2D eigenvalue weighted by Crippen LogP contribution is 2.19. The van der Waals surface area contributed by atoms with Crippen LogP contribution in [-0.4, -0.2) is 48.7 Å². The first-order valence-electron chi connectivity index (χ1n) is 6.45. The second kappa shape index (κ2) is 5.34. The van der Waals surface area contributed by atoms with Crippen molar-refractivity contribution in [3.05, 3.63) is 35.6 Å². The van der Waals surface area contributed by atoms with Gasteiger partial charge in [0.1, 0.15) is 5.82 Å². The molecule has 2 rings (SSSR count). The Labute approximate surface area is 108 Å². The van der Waals surface area contributed by atoms with Gasteiger partial charge in [0.25, 0.3) is 0 Å². The highest BCUT2D eigenvalue weighted by atomic mass is 19.1. The third-order valence-electron chi connectivity index (χ3n) is 3.73. The molecule has 1 fully saturated rings. The van der Waals surface area contributed by atoms with E-state index in [0.29, 0.717) is 12.0 Å². The van der Waals surface area contributed by atoms with E-state index in [1.807, 2.05) is 19.1 Å². The van der Waals surface area contributed by atoms with Crippen molar-refractivity contribution < 1.29 is 4.39 Å². The van der Waals surface area contributed by atoms with Crippen molar-refractivity contribution in [1.82, 2.24) is 9.80 Å². The summed E-state index contributed by atoms with van der Waals surface area (Å²) < 4.78 is 13.7. The molecule has 1 saturated heterocycles. The number of likely N-dealkylation sites (N-methyl/N-ethyl adjacent to an activating group) is 1. The number of hydrogen-bond donors (Lipinski definition) is 1. The molecule has 0 amide bonds. The molecular formula is C14H22FN3. The summed E-state index contributed by atoms with van der Waals surface area (Å²) in [6.45, 7) is 5.91. The van der Waals surface area contributed by atoms with Crippen LogP contribution < -0.4 is 5.73 Å². The molecule has 1 unspecified atom stereocenters. The lowest BCUT2D eigenvalue weighted by atomic mass is 9.99. The Balaban J connectivity index is 2.05. The van der Waals surface area contributed by atoms with Crippen LogP contribution in [0.5, 0.6) is 0 Å². The van der Waals surface area contributed by atoms with Crippen LogP contribution in [0.3, 0.4) is 0 Å². The molecule has 1 aromatic rings. The smallest absolute Gasteiger partial charge is 0.126 e. The van der Waals surface area contributed by atoms with E-state index in [1.165, 1.54) is 6.07 Å². The Hall–Kier alpha value is -0.970. The zero-order valence-electron chi connectivity index (χ0n) is 11.2. The van der Waals surface area contributed by atoms with E-state index >= 15 is 0 Å². The average molecular weight is 251 g/mol. The largest absolute Gasteiger partial charge is 0.313 e. The minimum absolute atomic E-state index is 0.164. The molecule has 0 spiro atoms. The standard InChI is InChI=1S/C14H22FN3/c1-14(16,18-9-7-17(2)8-10-18)11-12-5-3-4-6-13(12)15/h3-6H,7-11,16H2,1-2H3. The summed E-state index contributed by atoms with van der Waals surface area (Å²) in [4.78, 5) is 4.54. The summed E-state index contributed by atoms with van der Waals surface area (Å²) in [5.41, 5.74) is 6.59.